The van der Waals surface area contributed by atoms with Crippen molar-refractivity contribution in [1.29, 1.82) is 0 Å². The summed E-state index contributed by atoms with van der Waals surface area (Å²) in [7, 11) is 1.64. The van der Waals surface area contributed by atoms with E-state index in [2.05, 4.69) is 27.6 Å². The summed E-state index contributed by atoms with van der Waals surface area (Å²) in [6, 6.07) is 17.7. The Morgan fingerprint density at radius 2 is 2.03 bits per heavy atom. The average Bonchev–Trinajstić information content (AvgIpc) is 3.61. The van der Waals surface area contributed by atoms with Crippen molar-refractivity contribution in [3.8, 4) is 17.1 Å². The molecule has 0 saturated heterocycles. The summed E-state index contributed by atoms with van der Waals surface area (Å²) in [5.41, 5.74) is 4.52. The Bertz CT molecular complexity index is 1280. The zero-order chi connectivity index (χ0) is 23.3. The van der Waals surface area contributed by atoms with Gasteiger partial charge in [0.25, 0.3) is 0 Å². The number of carbonyl (C=O) groups excluding carboxylic acids is 1. The van der Waals surface area contributed by atoms with E-state index in [4.69, 9.17) is 9.15 Å². The molecule has 4 aromatic rings. The third kappa shape index (κ3) is 5.02. The first-order valence-corrected chi connectivity index (χ1v) is 12.3. The first-order chi connectivity index (χ1) is 16.7. The van der Waals surface area contributed by atoms with E-state index in [1.165, 1.54) is 29.3 Å². The normalized spacial score (nSPS) is 12.5. The molecule has 1 aliphatic carbocycles. The Morgan fingerprint density at radius 3 is 2.88 bits per heavy atom. The minimum atomic E-state index is -0.00411. The number of ether oxygens (including phenoxy) is 1. The molecule has 0 fully saturated rings. The van der Waals surface area contributed by atoms with Crippen molar-refractivity contribution < 1.29 is 13.9 Å². The number of thioether (sulfide) groups is 1. The number of carbonyl (C=O) groups is 1. The fourth-order valence-corrected chi connectivity index (χ4v) is 5.06. The van der Waals surface area contributed by atoms with Gasteiger partial charge in [-0.2, -0.15) is 0 Å². The molecule has 1 aliphatic rings. The van der Waals surface area contributed by atoms with Gasteiger partial charge in [0.15, 0.2) is 11.0 Å². The van der Waals surface area contributed by atoms with Crippen LogP contribution >= 0.6 is 11.8 Å². The highest BCUT2D eigenvalue weighted by atomic mass is 32.2. The van der Waals surface area contributed by atoms with Gasteiger partial charge in [0.1, 0.15) is 11.5 Å². The molecule has 2 aromatic heterocycles. The molecule has 0 spiro atoms. The SMILES string of the molecule is COc1cccc(-c2nnc(SCCC(=O)Nc3ccc4c(c3)CCC4)n2Cc2ccco2)c1. The van der Waals surface area contributed by atoms with Crippen LogP contribution in [-0.4, -0.2) is 33.5 Å². The van der Waals surface area contributed by atoms with Gasteiger partial charge in [0, 0.05) is 23.4 Å². The van der Waals surface area contributed by atoms with E-state index >= 15 is 0 Å². The maximum absolute atomic E-state index is 12.5. The maximum atomic E-state index is 12.5. The number of nitrogens with zero attached hydrogens (tertiary/aromatic N) is 3. The van der Waals surface area contributed by atoms with Crippen LogP contribution in [0.2, 0.25) is 0 Å². The molecule has 1 amide bonds. The second-order valence-electron chi connectivity index (χ2n) is 8.19. The van der Waals surface area contributed by atoms with Crippen molar-refractivity contribution in [3.63, 3.8) is 0 Å². The number of fused-ring (bicyclic) bond motifs is 1. The number of anilines is 1. The molecule has 2 heterocycles. The van der Waals surface area contributed by atoms with Crippen molar-refractivity contribution in [2.75, 3.05) is 18.2 Å². The van der Waals surface area contributed by atoms with Gasteiger partial charge >= 0.3 is 0 Å². The van der Waals surface area contributed by atoms with Gasteiger partial charge in [-0.05, 0) is 66.8 Å². The highest BCUT2D eigenvalue weighted by Crippen LogP contribution is 2.28. The van der Waals surface area contributed by atoms with E-state index in [0.717, 1.165) is 46.6 Å². The van der Waals surface area contributed by atoms with Gasteiger partial charge in [-0.3, -0.25) is 9.36 Å². The summed E-state index contributed by atoms with van der Waals surface area (Å²) in [6.45, 7) is 0.496. The van der Waals surface area contributed by atoms with Crippen molar-refractivity contribution in [2.45, 2.75) is 37.4 Å². The molecule has 0 bridgehead atoms. The number of methoxy groups -OCH3 is 1. The number of rotatable bonds is 9. The Kier molecular flexibility index (Phi) is 6.67. The summed E-state index contributed by atoms with van der Waals surface area (Å²) < 4.78 is 12.9. The molecule has 0 aliphatic heterocycles. The molecule has 0 radical (unpaired) electrons. The van der Waals surface area contributed by atoms with Crippen LogP contribution in [0.4, 0.5) is 5.69 Å². The minimum absolute atomic E-state index is 0.00411. The number of aryl methyl sites for hydroxylation is 2. The van der Waals surface area contributed by atoms with Crippen LogP contribution in [-0.2, 0) is 24.2 Å². The summed E-state index contributed by atoms with van der Waals surface area (Å²) in [5, 5.41) is 12.6. The van der Waals surface area contributed by atoms with Gasteiger partial charge in [-0.25, -0.2) is 0 Å². The van der Waals surface area contributed by atoms with Crippen LogP contribution in [0.1, 0.15) is 29.7 Å². The molecule has 34 heavy (non-hydrogen) atoms. The standard InChI is InChI=1S/C26H26N4O3S/c1-32-22-8-3-7-20(16-22)25-28-29-26(30(25)17-23-9-4-13-33-23)34-14-12-24(31)27-21-11-10-18-5-2-6-19(18)15-21/h3-4,7-11,13,15-16H,2,5-6,12,14,17H2,1H3,(H,27,31). The molecule has 2 aromatic carbocycles. The van der Waals surface area contributed by atoms with Crippen LogP contribution in [0.3, 0.4) is 0 Å². The van der Waals surface area contributed by atoms with E-state index < -0.39 is 0 Å². The van der Waals surface area contributed by atoms with E-state index in [-0.39, 0.29) is 5.91 Å². The zero-order valence-electron chi connectivity index (χ0n) is 19.0. The van der Waals surface area contributed by atoms with Crippen LogP contribution < -0.4 is 10.1 Å². The van der Waals surface area contributed by atoms with Gasteiger partial charge in [0.05, 0.1) is 19.9 Å². The fourth-order valence-electron chi connectivity index (χ4n) is 4.18. The van der Waals surface area contributed by atoms with E-state index in [9.17, 15) is 4.79 Å². The van der Waals surface area contributed by atoms with Crippen molar-refractivity contribution >= 4 is 23.4 Å². The number of aromatic nitrogens is 3. The Balaban J connectivity index is 1.27. The van der Waals surface area contributed by atoms with Gasteiger partial charge < -0.3 is 14.5 Å². The second kappa shape index (κ2) is 10.2. The lowest BCUT2D eigenvalue weighted by Crippen LogP contribution is -2.12. The summed E-state index contributed by atoms with van der Waals surface area (Å²) in [6.07, 6.45) is 5.46. The van der Waals surface area contributed by atoms with E-state index in [0.29, 0.717) is 18.7 Å². The number of furan rings is 1. The lowest BCUT2D eigenvalue weighted by atomic mass is 10.1. The van der Waals surface area contributed by atoms with Gasteiger partial charge in [-0.15, -0.1) is 10.2 Å². The smallest absolute Gasteiger partial charge is 0.225 e. The molecule has 0 unspecified atom stereocenters. The van der Waals surface area contributed by atoms with E-state index in [1.807, 2.05) is 47.0 Å². The van der Waals surface area contributed by atoms with Crippen molar-refractivity contribution in [1.82, 2.24) is 14.8 Å². The lowest BCUT2D eigenvalue weighted by Gasteiger charge is -2.10. The Labute approximate surface area is 202 Å². The van der Waals surface area contributed by atoms with E-state index in [1.54, 1.807) is 13.4 Å². The number of amides is 1. The average molecular weight is 475 g/mol. The monoisotopic (exact) mass is 474 g/mol. The molecule has 174 valence electrons. The van der Waals surface area contributed by atoms with Crippen LogP contribution in [0.25, 0.3) is 11.4 Å². The molecule has 5 rings (SSSR count). The lowest BCUT2D eigenvalue weighted by molar-refractivity contribution is -0.115. The van der Waals surface area contributed by atoms with Crippen LogP contribution in [0, 0.1) is 0 Å². The molecular weight excluding hydrogens is 448 g/mol. The third-order valence-corrected chi connectivity index (χ3v) is 6.85. The van der Waals surface area contributed by atoms with Gasteiger partial charge in [0.2, 0.25) is 5.91 Å². The number of hydrogen-bond acceptors (Lipinski definition) is 6. The first kappa shape index (κ1) is 22.3. The van der Waals surface area contributed by atoms with Crippen molar-refractivity contribution in [2.24, 2.45) is 0 Å². The first-order valence-electron chi connectivity index (χ1n) is 11.3. The molecule has 7 nitrogen and oxygen atoms in total. The molecule has 0 saturated carbocycles. The van der Waals surface area contributed by atoms with Crippen molar-refractivity contribution in [3.05, 3.63) is 77.7 Å². The zero-order valence-corrected chi connectivity index (χ0v) is 19.8. The predicted octanol–water partition coefficient (Wildman–Crippen LogP) is 5.20. The molecule has 0 atom stereocenters. The summed E-state index contributed by atoms with van der Waals surface area (Å²) in [4.78, 5) is 12.5. The Hall–Kier alpha value is -3.52. The summed E-state index contributed by atoms with van der Waals surface area (Å²) in [5.74, 6) is 2.86. The number of hydrogen-bond donors (Lipinski definition) is 1. The Morgan fingerprint density at radius 1 is 1.12 bits per heavy atom. The van der Waals surface area contributed by atoms with Crippen LogP contribution in [0.5, 0.6) is 5.75 Å². The highest BCUT2D eigenvalue weighted by molar-refractivity contribution is 7.99. The largest absolute Gasteiger partial charge is 0.497 e. The third-order valence-electron chi connectivity index (χ3n) is 5.88. The quantitative estimate of drug-likeness (QED) is 0.336. The number of nitrogens with one attached hydrogen (secondary N) is 1. The fraction of sp³-hybridized carbons (Fsp3) is 0.269. The number of benzene rings is 2. The second-order valence-corrected chi connectivity index (χ2v) is 9.25. The molecule has 1 N–H and O–H groups in total. The highest BCUT2D eigenvalue weighted by Gasteiger charge is 2.17. The minimum Gasteiger partial charge on any atom is -0.497 e. The molecular formula is C26H26N4O3S. The predicted molar refractivity (Wildman–Crippen MR) is 132 cm³/mol. The van der Waals surface area contributed by atoms with Crippen LogP contribution in [0.15, 0.2) is 70.4 Å². The van der Waals surface area contributed by atoms with Gasteiger partial charge in [-0.1, -0.05) is 30.0 Å². The topological polar surface area (TPSA) is 82.2 Å². The molecule has 8 heteroatoms. The summed E-state index contributed by atoms with van der Waals surface area (Å²) >= 11 is 1.51. The maximum Gasteiger partial charge on any atom is 0.225 e.